The summed E-state index contributed by atoms with van der Waals surface area (Å²) in [5, 5.41) is 7.01. The minimum absolute atomic E-state index is 0.168. The first-order chi connectivity index (χ1) is 12.6. The summed E-state index contributed by atoms with van der Waals surface area (Å²) in [5.41, 5.74) is 0.342. The molecule has 148 valence electrons. The lowest BCUT2D eigenvalue weighted by Gasteiger charge is -2.30. The molecule has 0 amide bonds. The van der Waals surface area contributed by atoms with Crippen LogP contribution in [0.25, 0.3) is 0 Å². The van der Waals surface area contributed by atoms with Gasteiger partial charge >= 0.3 is 0 Å². The van der Waals surface area contributed by atoms with Crippen LogP contribution in [0.15, 0.2) is 27.8 Å². The highest BCUT2D eigenvalue weighted by Crippen LogP contribution is 2.40. The van der Waals surface area contributed by atoms with Crippen molar-refractivity contribution in [2.24, 2.45) is 10.4 Å². The maximum absolute atomic E-state index is 5.61. The number of ether oxygens (including phenoxy) is 1. The Bertz CT molecular complexity index is 522. The van der Waals surface area contributed by atoms with Crippen LogP contribution in [0.3, 0.4) is 0 Å². The summed E-state index contributed by atoms with van der Waals surface area (Å²) in [6.07, 6.45) is 8.04. The van der Waals surface area contributed by atoms with Crippen molar-refractivity contribution < 1.29 is 9.15 Å². The number of rotatable bonds is 10. The van der Waals surface area contributed by atoms with Crippen LogP contribution < -0.4 is 10.6 Å². The van der Waals surface area contributed by atoms with E-state index >= 15 is 0 Å². The Kier molecular flexibility index (Phi) is 8.45. The van der Waals surface area contributed by atoms with Crippen molar-refractivity contribution in [3.8, 4) is 0 Å². The number of furan rings is 1. The van der Waals surface area contributed by atoms with Gasteiger partial charge in [0.1, 0.15) is 5.76 Å². The molecule has 2 rings (SSSR count). The van der Waals surface area contributed by atoms with Crippen LogP contribution in [-0.2, 0) is 4.74 Å². The van der Waals surface area contributed by atoms with E-state index in [1.165, 1.54) is 25.7 Å². The molecule has 0 aromatic carbocycles. The Balaban J connectivity index is 1.86. The number of hydrogen-bond acceptors (Lipinski definition) is 4. The third-order valence-electron chi connectivity index (χ3n) is 5.46. The van der Waals surface area contributed by atoms with E-state index in [2.05, 4.69) is 41.5 Å². The first kappa shape index (κ1) is 20.8. The lowest BCUT2D eigenvalue weighted by molar-refractivity contribution is 0.105. The molecule has 2 N–H and O–H groups in total. The van der Waals surface area contributed by atoms with Gasteiger partial charge in [-0.3, -0.25) is 9.89 Å². The van der Waals surface area contributed by atoms with E-state index in [1.807, 2.05) is 19.2 Å². The van der Waals surface area contributed by atoms with Gasteiger partial charge in [-0.25, -0.2) is 0 Å². The molecule has 0 saturated heterocycles. The highest BCUT2D eigenvalue weighted by molar-refractivity contribution is 5.79. The van der Waals surface area contributed by atoms with Gasteiger partial charge in [0, 0.05) is 33.4 Å². The molecule has 1 fully saturated rings. The van der Waals surface area contributed by atoms with Gasteiger partial charge in [-0.05, 0) is 57.8 Å². The van der Waals surface area contributed by atoms with Crippen LogP contribution in [-0.4, -0.2) is 58.3 Å². The maximum Gasteiger partial charge on any atom is 0.191 e. The van der Waals surface area contributed by atoms with Crippen molar-refractivity contribution in [1.29, 1.82) is 0 Å². The second-order valence-electron chi connectivity index (χ2n) is 7.46. The fraction of sp³-hybridized carbons (Fsp3) is 0.750. The van der Waals surface area contributed by atoms with Gasteiger partial charge in [0.25, 0.3) is 0 Å². The summed E-state index contributed by atoms with van der Waals surface area (Å²) in [7, 11) is 5.95. The van der Waals surface area contributed by atoms with Crippen LogP contribution in [0.1, 0.15) is 50.8 Å². The maximum atomic E-state index is 5.61. The van der Waals surface area contributed by atoms with Gasteiger partial charge in [0.2, 0.25) is 0 Å². The van der Waals surface area contributed by atoms with Gasteiger partial charge in [0.15, 0.2) is 5.96 Å². The average Bonchev–Trinajstić information content (AvgIpc) is 3.30. The van der Waals surface area contributed by atoms with Crippen molar-refractivity contribution in [2.75, 3.05) is 47.4 Å². The minimum Gasteiger partial charge on any atom is -0.468 e. The number of aliphatic imine (C=N–C) groups is 1. The predicted molar refractivity (Wildman–Crippen MR) is 107 cm³/mol. The molecule has 1 aliphatic carbocycles. The number of likely N-dealkylation sites (N-methyl/N-ethyl adjacent to an activating group) is 1. The number of nitrogens with zero attached hydrogens (tertiary/aromatic N) is 2. The molecule has 6 nitrogen and oxygen atoms in total. The fourth-order valence-corrected chi connectivity index (χ4v) is 3.78. The monoisotopic (exact) mass is 364 g/mol. The van der Waals surface area contributed by atoms with E-state index in [-0.39, 0.29) is 6.04 Å². The molecular weight excluding hydrogens is 328 g/mol. The Morgan fingerprint density at radius 1 is 1.35 bits per heavy atom. The molecule has 1 atom stereocenters. The standard InChI is InChI=1S/C20H36N4O2/c1-5-25-14-12-20(10-6-7-11-20)16-23-19(21-2)22-15-17(24(3)4)18-9-8-13-26-18/h8-9,13,17H,5-7,10-12,14-16H2,1-4H3,(H2,21,22,23). The topological polar surface area (TPSA) is 62.0 Å². The summed E-state index contributed by atoms with van der Waals surface area (Å²) in [5.74, 6) is 1.81. The summed E-state index contributed by atoms with van der Waals surface area (Å²) in [6.45, 7) is 5.40. The Labute approximate surface area is 158 Å². The first-order valence-electron chi connectivity index (χ1n) is 9.82. The van der Waals surface area contributed by atoms with E-state index in [4.69, 9.17) is 9.15 Å². The normalized spacial score (nSPS) is 18.3. The van der Waals surface area contributed by atoms with Crippen molar-refractivity contribution in [3.05, 3.63) is 24.2 Å². The van der Waals surface area contributed by atoms with Gasteiger partial charge in [-0.15, -0.1) is 0 Å². The van der Waals surface area contributed by atoms with Crippen LogP contribution in [0.5, 0.6) is 0 Å². The molecule has 0 spiro atoms. The van der Waals surface area contributed by atoms with Gasteiger partial charge in [0.05, 0.1) is 12.3 Å². The quantitative estimate of drug-likeness (QED) is 0.380. The van der Waals surface area contributed by atoms with E-state index < -0.39 is 0 Å². The third kappa shape index (κ3) is 6.02. The van der Waals surface area contributed by atoms with E-state index in [0.29, 0.717) is 5.41 Å². The van der Waals surface area contributed by atoms with E-state index in [0.717, 1.165) is 44.4 Å². The SMILES string of the molecule is CCOCCC1(CNC(=NC)NCC(c2ccco2)N(C)C)CCCC1. The van der Waals surface area contributed by atoms with Crippen LogP contribution in [0, 0.1) is 5.41 Å². The summed E-state index contributed by atoms with van der Waals surface area (Å²) in [4.78, 5) is 6.56. The lowest BCUT2D eigenvalue weighted by Crippen LogP contribution is -2.45. The van der Waals surface area contributed by atoms with Gasteiger partial charge < -0.3 is 19.8 Å². The molecule has 0 radical (unpaired) electrons. The molecule has 6 heteroatoms. The second-order valence-corrected chi connectivity index (χ2v) is 7.46. The molecule has 1 saturated carbocycles. The molecule has 26 heavy (non-hydrogen) atoms. The van der Waals surface area contributed by atoms with Crippen molar-refractivity contribution in [3.63, 3.8) is 0 Å². The van der Waals surface area contributed by atoms with Gasteiger partial charge in [-0.2, -0.15) is 0 Å². The van der Waals surface area contributed by atoms with Crippen LogP contribution >= 0.6 is 0 Å². The number of guanidine groups is 1. The molecule has 1 heterocycles. The molecule has 1 aromatic heterocycles. The molecule has 1 aliphatic rings. The highest BCUT2D eigenvalue weighted by Gasteiger charge is 2.33. The molecule has 0 aliphatic heterocycles. The molecule has 1 unspecified atom stereocenters. The van der Waals surface area contributed by atoms with Crippen molar-refractivity contribution in [2.45, 2.75) is 45.1 Å². The largest absolute Gasteiger partial charge is 0.468 e. The number of nitrogens with one attached hydrogen (secondary N) is 2. The van der Waals surface area contributed by atoms with Crippen molar-refractivity contribution in [1.82, 2.24) is 15.5 Å². The average molecular weight is 365 g/mol. The van der Waals surface area contributed by atoms with E-state index in [9.17, 15) is 0 Å². The molecule has 1 aromatic rings. The third-order valence-corrected chi connectivity index (χ3v) is 5.46. The van der Waals surface area contributed by atoms with Crippen molar-refractivity contribution >= 4 is 5.96 Å². The smallest absolute Gasteiger partial charge is 0.191 e. The lowest BCUT2D eigenvalue weighted by atomic mass is 9.83. The Morgan fingerprint density at radius 3 is 2.69 bits per heavy atom. The zero-order chi connectivity index (χ0) is 18.8. The number of hydrogen-bond donors (Lipinski definition) is 2. The summed E-state index contributed by atoms with van der Waals surface area (Å²) >= 11 is 0. The van der Waals surface area contributed by atoms with E-state index in [1.54, 1.807) is 6.26 Å². The van der Waals surface area contributed by atoms with Crippen LogP contribution in [0.2, 0.25) is 0 Å². The Morgan fingerprint density at radius 2 is 2.12 bits per heavy atom. The molecular formula is C20H36N4O2. The molecule has 0 bridgehead atoms. The predicted octanol–water partition coefficient (Wildman–Crippen LogP) is 3.03. The second kappa shape index (κ2) is 10.6. The van der Waals surface area contributed by atoms with Crippen LogP contribution in [0.4, 0.5) is 0 Å². The fourth-order valence-electron chi connectivity index (χ4n) is 3.78. The Hall–Kier alpha value is -1.53. The first-order valence-corrected chi connectivity index (χ1v) is 9.82. The summed E-state index contributed by atoms with van der Waals surface area (Å²) in [6, 6.07) is 4.12. The zero-order valence-electron chi connectivity index (χ0n) is 16.9. The summed E-state index contributed by atoms with van der Waals surface area (Å²) < 4.78 is 11.2. The highest BCUT2D eigenvalue weighted by atomic mass is 16.5. The van der Waals surface area contributed by atoms with Gasteiger partial charge in [-0.1, -0.05) is 12.8 Å². The zero-order valence-corrected chi connectivity index (χ0v) is 16.9. The minimum atomic E-state index is 0.168.